The lowest BCUT2D eigenvalue weighted by Crippen LogP contribution is -2.52. The number of nitrogens with one attached hydrogen (secondary N) is 4. The smallest absolute Gasteiger partial charge is 0.308 e. The van der Waals surface area contributed by atoms with Gasteiger partial charge in [-0.2, -0.15) is 0 Å². The van der Waals surface area contributed by atoms with Gasteiger partial charge in [0.2, 0.25) is 11.8 Å². The third-order valence-corrected chi connectivity index (χ3v) is 9.87. The molecule has 2 aromatic rings. The number of carbonyl (C=O) groups excluding carboxylic acids is 5. The molecule has 1 heterocycles. The Labute approximate surface area is 304 Å². The summed E-state index contributed by atoms with van der Waals surface area (Å²) in [5.74, 6) is -2.71. The summed E-state index contributed by atoms with van der Waals surface area (Å²) >= 11 is 1.16. The van der Waals surface area contributed by atoms with Gasteiger partial charge in [0.15, 0.2) is 6.10 Å². The van der Waals surface area contributed by atoms with E-state index in [1.807, 2.05) is 20.9 Å². The number of methoxy groups -OCH3 is 1. The third kappa shape index (κ3) is 14.3. The van der Waals surface area contributed by atoms with Gasteiger partial charge in [0.1, 0.15) is 22.6 Å². The molecule has 1 saturated carbocycles. The van der Waals surface area contributed by atoms with Crippen molar-refractivity contribution in [3.63, 3.8) is 0 Å². The number of rotatable bonds is 22. The van der Waals surface area contributed by atoms with Crippen molar-refractivity contribution in [2.45, 2.75) is 110 Å². The average Bonchev–Trinajstić information content (AvgIpc) is 3.80. The number of hydrogen-bond acceptors (Lipinski definition) is 10. The lowest BCUT2D eigenvalue weighted by atomic mass is 9.96. The fourth-order valence-electron chi connectivity index (χ4n) is 5.86. The molecule has 3 amide bonds. The molecule has 5 atom stereocenters. The largest absolute Gasteiger partial charge is 0.469 e. The Morgan fingerprint density at radius 2 is 1.69 bits per heavy atom. The molecule has 14 heteroatoms. The summed E-state index contributed by atoms with van der Waals surface area (Å²) in [6.07, 6.45) is 4.72. The van der Waals surface area contributed by atoms with Crippen LogP contribution in [0.5, 0.6) is 0 Å². The normalized spacial score (nSPS) is 15.6. The number of unbranched alkanes of at least 4 members (excludes halogenated alkanes) is 2. The molecule has 0 aliphatic heterocycles. The molecular weight excluding hydrogens is 678 g/mol. The van der Waals surface area contributed by atoms with E-state index in [1.165, 1.54) is 26.2 Å². The Morgan fingerprint density at radius 1 is 0.980 bits per heavy atom. The highest BCUT2D eigenvalue weighted by Crippen LogP contribution is 2.34. The molecule has 282 valence electrons. The van der Waals surface area contributed by atoms with Gasteiger partial charge in [0.25, 0.3) is 5.91 Å². The maximum absolute atomic E-state index is 13.6. The van der Waals surface area contributed by atoms with Gasteiger partial charge in [-0.3, -0.25) is 24.0 Å². The topological polar surface area (TPSA) is 165 Å². The first-order valence-electron chi connectivity index (χ1n) is 17.8. The molecule has 1 aromatic carbocycles. The van der Waals surface area contributed by atoms with Gasteiger partial charge >= 0.3 is 11.9 Å². The Balaban J connectivity index is 1.71. The van der Waals surface area contributed by atoms with Crippen molar-refractivity contribution in [1.82, 2.24) is 26.3 Å². The minimum absolute atomic E-state index is 0.0542. The molecule has 3 rings (SSSR count). The van der Waals surface area contributed by atoms with Crippen molar-refractivity contribution in [3.05, 3.63) is 51.7 Å². The Hall–Kier alpha value is -3.91. The maximum Gasteiger partial charge on any atom is 0.308 e. The van der Waals surface area contributed by atoms with Crippen LogP contribution in [-0.4, -0.2) is 73.5 Å². The van der Waals surface area contributed by atoms with Crippen LogP contribution in [0.1, 0.15) is 106 Å². The second kappa shape index (κ2) is 20.8. The van der Waals surface area contributed by atoms with Crippen LogP contribution in [-0.2, 0) is 35.1 Å². The second-order valence-corrected chi connectivity index (χ2v) is 14.6. The lowest BCUT2D eigenvalue weighted by molar-refractivity contribution is -0.148. The van der Waals surface area contributed by atoms with Gasteiger partial charge in [0, 0.05) is 37.2 Å². The van der Waals surface area contributed by atoms with Crippen molar-refractivity contribution in [1.29, 1.82) is 0 Å². The Bertz CT molecular complexity index is 1450. The summed E-state index contributed by atoms with van der Waals surface area (Å²) in [6, 6.07) is 4.37. The van der Waals surface area contributed by atoms with Gasteiger partial charge in [0.05, 0.1) is 13.0 Å². The molecule has 1 aliphatic rings. The summed E-state index contributed by atoms with van der Waals surface area (Å²) in [4.78, 5) is 68.6. The first-order valence-corrected chi connectivity index (χ1v) is 18.7. The number of halogens is 1. The van der Waals surface area contributed by atoms with Crippen LogP contribution in [0.2, 0.25) is 0 Å². The first kappa shape index (κ1) is 41.5. The predicted octanol–water partition coefficient (Wildman–Crippen LogP) is 4.63. The minimum Gasteiger partial charge on any atom is -0.469 e. The highest BCUT2D eigenvalue weighted by atomic mass is 32.1. The molecule has 1 fully saturated rings. The van der Waals surface area contributed by atoms with Gasteiger partial charge < -0.3 is 30.7 Å². The molecule has 0 spiro atoms. The zero-order valence-electron chi connectivity index (χ0n) is 30.6. The number of hydrogen-bond donors (Lipinski definition) is 4. The van der Waals surface area contributed by atoms with Crippen LogP contribution >= 0.6 is 11.3 Å². The zero-order valence-corrected chi connectivity index (χ0v) is 31.4. The van der Waals surface area contributed by atoms with Crippen molar-refractivity contribution in [3.8, 4) is 0 Å². The number of carbonyl (C=O) groups is 5. The first-order chi connectivity index (χ1) is 24.3. The van der Waals surface area contributed by atoms with E-state index in [4.69, 9.17) is 9.47 Å². The fourth-order valence-corrected chi connectivity index (χ4v) is 6.70. The zero-order chi connectivity index (χ0) is 37.5. The summed E-state index contributed by atoms with van der Waals surface area (Å²) < 4.78 is 24.1. The fraction of sp³-hybridized carbons (Fsp3) is 0.622. The molecule has 4 N–H and O–H groups in total. The molecule has 1 aliphatic carbocycles. The van der Waals surface area contributed by atoms with E-state index in [9.17, 15) is 28.4 Å². The number of ether oxygens (including phenoxy) is 2. The standard InChI is InChI=1S/C37H54FN5O7S/c1-22(2)29(41-35(47)33(26-13-14-26)43-32(45)10-8-7-9-17-39-5)20-31(50-24(4)44)36-42-30(21-51-36)34(46)40-28(18-23(3)37(48)49-6)19-25-11-15-27(38)16-12-25/h11-12,15-16,21-23,26,28-29,31,33,39H,7-10,13-14,17-20H2,1-6H3,(H,40,46)(H,41,47)(H,43,45)/t23-,28+,29+,31+,33-/m0/s1. The Kier molecular flexibility index (Phi) is 16.9. The van der Waals surface area contributed by atoms with Crippen molar-refractivity contribution < 1.29 is 37.8 Å². The van der Waals surface area contributed by atoms with Crippen LogP contribution in [0, 0.1) is 23.6 Å². The van der Waals surface area contributed by atoms with Crippen molar-refractivity contribution >= 4 is 41.0 Å². The summed E-state index contributed by atoms with van der Waals surface area (Å²) in [5, 5.41) is 14.1. The maximum atomic E-state index is 13.6. The molecule has 51 heavy (non-hydrogen) atoms. The number of benzene rings is 1. The predicted molar refractivity (Wildman–Crippen MR) is 192 cm³/mol. The third-order valence-electron chi connectivity index (χ3n) is 8.93. The summed E-state index contributed by atoms with van der Waals surface area (Å²) in [7, 11) is 3.20. The number of thiazole rings is 1. The number of esters is 2. The summed E-state index contributed by atoms with van der Waals surface area (Å²) in [6.45, 7) is 7.79. The minimum atomic E-state index is -0.845. The molecule has 12 nitrogen and oxygen atoms in total. The lowest BCUT2D eigenvalue weighted by Gasteiger charge is -2.28. The van der Waals surface area contributed by atoms with E-state index in [1.54, 1.807) is 24.4 Å². The van der Waals surface area contributed by atoms with Crippen LogP contribution in [0.15, 0.2) is 29.6 Å². The highest BCUT2D eigenvalue weighted by molar-refractivity contribution is 7.09. The molecule has 0 radical (unpaired) electrons. The molecule has 1 aromatic heterocycles. The van der Waals surface area contributed by atoms with Gasteiger partial charge in [-0.05, 0) is 81.6 Å². The van der Waals surface area contributed by atoms with Gasteiger partial charge in [-0.15, -0.1) is 11.3 Å². The molecule has 0 bridgehead atoms. The van der Waals surface area contributed by atoms with Crippen LogP contribution in [0.4, 0.5) is 4.39 Å². The Morgan fingerprint density at radius 3 is 2.29 bits per heavy atom. The molecule has 0 saturated heterocycles. The number of aromatic nitrogens is 1. The SMILES string of the molecule is CNCCCCCC(=O)N[C@H](C(=O)N[C@H](C[C@@H](OC(C)=O)c1nc(C(=O)N[C@@H](Cc2ccc(F)cc2)C[C@H](C)C(=O)OC)cs1)C(C)C)C1CC1. The van der Waals surface area contributed by atoms with Crippen molar-refractivity contribution in [2.75, 3.05) is 20.7 Å². The number of amides is 3. The van der Waals surface area contributed by atoms with E-state index >= 15 is 0 Å². The quantitative estimate of drug-likeness (QED) is 0.0999. The average molecular weight is 732 g/mol. The van der Waals surface area contributed by atoms with E-state index < -0.39 is 48.0 Å². The van der Waals surface area contributed by atoms with E-state index in [2.05, 4.69) is 26.3 Å². The van der Waals surface area contributed by atoms with Crippen LogP contribution < -0.4 is 21.3 Å². The molecule has 0 unspecified atom stereocenters. The monoisotopic (exact) mass is 731 g/mol. The van der Waals surface area contributed by atoms with Gasteiger partial charge in [-0.1, -0.05) is 39.3 Å². The second-order valence-electron chi connectivity index (χ2n) is 13.7. The number of nitrogens with zero attached hydrogens (tertiary/aromatic N) is 1. The van der Waals surface area contributed by atoms with E-state index in [-0.39, 0.29) is 48.0 Å². The van der Waals surface area contributed by atoms with Crippen LogP contribution in [0.25, 0.3) is 0 Å². The highest BCUT2D eigenvalue weighted by Gasteiger charge is 2.39. The van der Waals surface area contributed by atoms with Crippen LogP contribution in [0.3, 0.4) is 0 Å². The van der Waals surface area contributed by atoms with E-state index in [0.717, 1.165) is 55.5 Å². The van der Waals surface area contributed by atoms with Gasteiger partial charge in [-0.25, -0.2) is 9.37 Å². The molecular formula is C37H54FN5O7S. The van der Waals surface area contributed by atoms with Crippen molar-refractivity contribution in [2.24, 2.45) is 17.8 Å². The summed E-state index contributed by atoms with van der Waals surface area (Å²) in [5.41, 5.74) is 0.882. The van der Waals surface area contributed by atoms with E-state index in [0.29, 0.717) is 17.8 Å².